The van der Waals surface area contributed by atoms with E-state index in [2.05, 4.69) is 17.2 Å². The van der Waals surface area contributed by atoms with Crippen LogP contribution in [0.4, 0.5) is 0 Å². The highest BCUT2D eigenvalue weighted by Gasteiger charge is 2.58. The summed E-state index contributed by atoms with van der Waals surface area (Å²) in [5.41, 5.74) is 0.156. The van der Waals surface area contributed by atoms with Crippen molar-refractivity contribution >= 4 is 17.5 Å². The molecule has 1 aliphatic carbocycles. The van der Waals surface area contributed by atoms with E-state index in [9.17, 15) is 4.79 Å². The van der Waals surface area contributed by atoms with Crippen LogP contribution in [0.1, 0.15) is 84.0 Å². The summed E-state index contributed by atoms with van der Waals surface area (Å²) in [5.74, 6) is 1.76. The number of Topliss-reactive ketones (excluding diaryl/α,β-unsaturated/α-hetero) is 1. The molecule has 3 rings (SSSR count). The maximum absolute atomic E-state index is 12.9. The van der Waals surface area contributed by atoms with Crippen LogP contribution in [0.15, 0.2) is 0 Å². The highest BCUT2D eigenvalue weighted by atomic mass is 32.2. The molecule has 0 aromatic heterocycles. The predicted octanol–water partition coefficient (Wildman–Crippen LogP) is 4.91. The highest BCUT2D eigenvalue weighted by molar-refractivity contribution is 8.03. The number of piperidine rings is 1. The van der Waals surface area contributed by atoms with E-state index < -0.39 is 0 Å². The van der Waals surface area contributed by atoms with E-state index >= 15 is 0 Å². The summed E-state index contributed by atoms with van der Waals surface area (Å²) in [6.07, 6.45) is 14.3. The van der Waals surface area contributed by atoms with Crippen LogP contribution in [0, 0.1) is 16.6 Å². The Balaban J connectivity index is 1.78. The van der Waals surface area contributed by atoms with Gasteiger partial charge in [-0.1, -0.05) is 45.4 Å². The molecule has 0 bridgehead atoms. The van der Waals surface area contributed by atoms with Gasteiger partial charge < -0.3 is 0 Å². The lowest BCUT2D eigenvalue weighted by atomic mass is 9.65. The molecule has 4 unspecified atom stereocenters. The molecule has 24 heavy (non-hydrogen) atoms. The number of hydrogen-bond acceptors (Lipinski definition) is 4. The summed E-state index contributed by atoms with van der Waals surface area (Å²) >= 11 is 1.41. The van der Waals surface area contributed by atoms with Crippen LogP contribution in [0.25, 0.3) is 0 Å². The first-order valence-corrected chi connectivity index (χ1v) is 11.0. The topological polar surface area (TPSA) is 44.1 Å². The summed E-state index contributed by atoms with van der Waals surface area (Å²) in [7, 11) is 0. The summed E-state index contributed by atoms with van der Waals surface area (Å²) in [4.78, 5) is 15.7. The van der Waals surface area contributed by atoms with Gasteiger partial charge in [0.25, 0.3) is 0 Å². The van der Waals surface area contributed by atoms with Crippen molar-refractivity contribution in [2.24, 2.45) is 5.92 Å². The first-order chi connectivity index (χ1) is 11.7. The fraction of sp³-hybridized carbons (Fsp3) is 0.900. The molecule has 4 heteroatoms. The van der Waals surface area contributed by atoms with Gasteiger partial charge in [0, 0.05) is 35.7 Å². The van der Waals surface area contributed by atoms with Crippen LogP contribution in [-0.2, 0) is 4.79 Å². The number of carbonyl (C=O) groups is 1. The molecule has 134 valence electrons. The summed E-state index contributed by atoms with van der Waals surface area (Å²) in [5, 5.41) is 11.3. The molecule has 2 saturated heterocycles. The number of carbonyl (C=O) groups excluding carboxylic acids is 1. The summed E-state index contributed by atoms with van der Waals surface area (Å²) < 4.78 is 0. The van der Waals surface area contributed by atoms with Crippen molar-refractivity contribution in [2.75, 3.05) is 5.75 Å². The van der Waals surface area contributed by atoms with Crippen LogP contribution < -0.4 is 0 Å². The standard InChI is InChI=1S/C20H32N2OS/c1-2-3-4-5-8-16-13-19(23)18-9-6-7-11-20(18)12-10-17(22(16)20)14-24-15-21/h16-18H,2-14H2,1H3. The van der Waals surface area contributed by atoms with E-state index in [1.165, 1.54) is 76.0 Å². The molecule has 2 aliphatic heterocycles. The van der Waals surface area contributed by atoms with Crippen molar-refractivity contribution in [3.8, 4) is 5.40 Å². The first kappa shape index (κ1) is 18.3. The van der Waals surface area contributed by atoms with Gasteiger partial charge in [-0.05, 0) is 43.9 Å². The Labute approximate surface area is 151 Å². The molecule has 1 spiro atoms. The van der Waals surface area contributed by atoms with Gasteiger partial charge >= 0.3 is 0 Å². The Hall–Kier alpha value is -0.530. The fourth-order valence-corrected chi connectivity index (χ4v) is 6.41. The Morgan fingerprint density at radius 3 is 2.88 bits per heavy atom. The molecule has 2 heterocycles. The first-order valence-electron chi connectivity index (χ1n) is 10.0. The van der Waals surface area contributed by atoms with Gasteiger partial charge in [-0.3, -0.25) is 9.69 Å². The summed E-state index contributed by atoms with van der Waals surface area (Å²) in [6.45, 7) is 2.25. The molecule has 0 aromatic carbocycles. The molecule has 3 fully saturated rings. The van der Waals surface area contributed by atoms with Crippen LogP contribution in [0.5, 0.6) is 0 Å². The number of hydrogen-bond donors (Lipinski definition) is 0. The molecule has 1 saturated carbocycles. The third-order valence-electron chi connectivity index (χ3n) is 6.77. The normalized spacial score (nSPS) is 36.2. The Bertz CT molecular complexity index is 489. The minimum absolute atomic E-state index is 0.156. The van der Waals surface area contributed by atoms with Crippen molar-refractivity contribution in [1.82, 2.24) is 4.90 Å². The second-order valence-corrected chi connectivity index (χ2v) is 8.88. The van der Waals surface area contributed by atoms with E-state index in [0.29, 0.717) is 17.9 Å². The number of nitriles is 1. The van der Waals surface area contributed by atoms with Crippen molar-refractivity contribution in [2.45, 2.75) is 102 Å². The average molecular weight is 349 g/mol. The van der Waals surface area contributed by atoms with E-state index in [1.807, 2.05) is 0 Å². The Morgan fingerprint density at radius 1 is 1.21 bits per heavy atom. The molecule has 0 N–H and O–H groups in total. The minimum atomic E-state index is 0.156. The maximum atomic E-state index is 12.9. The van der Waals surface area contributed by atoms with Gasteiger partial charge in [0.1, 0.15) is 11.2 Å². The van der Waals surface area contributed by atoms with E-state index in [-0.39, 0.29) is 11.5 Å². The number of ketones is 1. The lowest BCUT2D eigenvalue weighted by molar-refractivity contribution is -0.142. The Kier molecular flexibility index (Phi) is 6.27. The predicted molar refractivity (Wildman–Crippen MR) is 99.8 cm³/mol. The number of unbranched alkanes of at least 4 members (excludes halogenated alkanes) is 3. The van der Waals surface area contributed by atoms with Crippen LogP contribution in [0.3, 0.4) is 0 Å². The van der Waals surface area contributed by atoms with Gasteiger partial charge in [0.05, 0.1) is 0 Å². The van der Waals surface area contributed by atoms with Crippen molar-refractivity contribution in [1.29, 1.82) is 5.26 Å². The maximum Gasteiger partial charge on any atom is 0.139 e. The molecule has 3 aliphatic rings. The molecule has 3 nitrogen and oxygen atoms in total. The molecular weight excluding hydrogens is 316 g/mol. The number of nitrogens with zero attached hydrogens (tertiary/aromatic N) is 2. The van der Waals surface area contributed by atoms with Crippen LogP contribution in [0.2, 0.25) is 0 Å². The van der Waals surface area contributed by atoms with E-state index in [0.717, 1.165) is 18.6 Å². The van der Waals surface area contributed by atoms with Crippen LogP contribution >= 0.6 is 11.8 Å². The third kappa shape index (κ3) is 3.40. The van der Waals surface area contributed by atoms with Gasteiger partial charge in [-0.2, -0.15) is 5.26 Å². The van der Waals surface area contributed by atoms with E-state index in [1.54, 1.807) is 0 Å². The largest absolute Gasteiger partial charge is 0.299 e. The Morgan fingerprint density at radius 2 is 2.08 bits per heavy atom. The number of thioether (sulfide) groups is 1. The monoisotopic (exact) mass is 348 g/mol. The zero-order valence-corrected chi connectivity index (χ0v) is 16.0. The smallest absolute Gasteiger partial charge is 0.139 e. The zero-order valence-electron chi connectivity index (χ0n) is 15.1. The highest BCUT2D eigenvalue weighted by Crippen LogP contribution is 2.53. The minimum Gasteiger partial charge on any atom is -0.299 e. The van der Waals surface area contributed by atoms with Gasteiger partial charge in [-0.15, -0.1) is 0 Å². The molecular formula is C20H32N2OS. The second kappa shape index (κ2) is 8.23. The lowest BCUT2D eigenvalue weighted by Crippen LogP contribution is -2.64. The van der Waals surface area contributed by atoms with Crippen molar-refractivity contribution < 1.29 is 4.79 Å². The molecule has 0 aromatic rings. The number of rotatable bonds is 7. The lowest BCUT2D eigenvalue weighted by Gasteiger charge is -2.55. The SMILES string of the molecule is CCCCCCC1CC(=O)C2CCCCC23CCC(CSC#N)N13. The third-order valence-corrected chi connectivity index (χ3v) is 7.45. The van der Waals surface area contributed by atoms with Gasteiger partial charge in [-0.25, -0.2) is 0 Å². The van der Waals surface area contributed by atoms with Crippen LogP contribution in [-0.4, -0.2) is 34.1 Å². The van der Waals surface area contributed by atoms with Crippen molar-refractivity contribution in [3.63, 3.8) is 0 Å². The molecule has 4 atom stereocenters. The second-order valence-electron chi connectivity index (χ2n) is 8.08. The van der Waals surface area contributed by atoms with Gasteiger partial charge in [0.2, 0.25) is 0 Å². The average Bonchev–Trinajstić information content (AvgIpc) is 2.95. The molecule has 0 radical (unpaired) electrons. The quantitative estimate of drug-likeness (QED) is 0.484. The van der Waals surface area contributed by atoms with Gasteiger partial charge in [0.15, 0.2) is 0 Å². The van der Waals surface area contributed by atoms with E-state index in [4.69, 9.17) is 5.26 Å². The van der Waals surface area contributed by atoms with Crippen molar-refractivity contribution in [3.05, 3.63) is 0 Å². The fourth-order valence-electron chi connectivity index (χ4n) is 5.82. The summed E-state index contributed by atoms with van der Waals surface area (Å²) in [6, 6.07) is 0.954. The zero-order chi connectivity index (χ0) is 17.0. The number of thiocyanates is 1. The molecule has 0 amide bonds.